The van der Waals surface area contributed by atoms with Gasteiger partial charge in [0.25, 0.3) is 5.91 Å². The second-order valence-corrected chi connectivity index (χ2v) is 3.29. The Balaban J connectivity index is 2.24. The molecule has 1 amide bonds. The summed E-state index contributed by atoms with van der Waals surface area (Å²) in [6.45, 7) is 1.09. The van der Waals surface area contributed by atoms with Crippen LogP contribution in [0.1, 0.15) is 16.8 Å². The van der Waals surface area contributed by atoms with E-state index in [1.54, 1.807) is 0 Å². The zero-order valence-electron chi connectivity index (χ0n) is 9.36. The van der Waals surface area contributed by atoms with Crippen molar-refractivity contribution in [3.8, 4) is 0 Å². The molecule has 0 aromatic carbocycles. The Labute approximate surface area is 98.6 Å². The predicted octanol–water partition coefficient (Wildman–Crippen LogP) is 0.349. The fourth-order valence-electron chi connectivity index (χ4n) is 1.19. The molecule has 6 heteroatoms. The number of nitrogens with one attached hydrogen (secondary N) is 1. The zero-order chi connectivity index (χ0) is 12.5. The van der Waals surface area contributed by atoms with Crippen LogP contribution in [0.2, 0.25) is 0 Å². The number of aliphatic hydroxyl groups is 1. The number of aromatic nitrogens is 1. The van der Waals surface area contributed by atoms with Gasteiger partial charge in [-0.25, -0.2) is 4.98 Å². The second-order valence-electron chi connectivity index (χ2n) is 3.29. The first kappa shape index (κ1) is 13.5. The van der Waals surface area contributed by atoms with Crippen molar-refractivity contribution in [3.05, 3.63) is 29.8 Å². The van der Waals surface area contributed by atoms with Crippen molar-refractivity contribution >= 4 is 5.91 Å². The van der Waals surface area contributed by atoms with E-state index >= 15 is 0 Å². The van der Waals surface area contributed by atoms with Crippen LogP contribution in [0, 0.1) is 5.95 Å². The van der Waals surface area contributed by atoms with E-state index in [2.05, 4.69) is 10.3 Å². The molecule has 1 aromatic heterocycles. The monoisotopic (exact) mass is 242 g/mol. The molecule has 0 radical (unpaired) electrons. The molecule has 94 valence electrons. The number of pyridine rings is 1. The standard InChI is InChI=1S/C11H15FN2O3/c12-10-9(3-1-4-13-10)11(16)14-5-2-7-17-8-6-15/h1,3-4,15H,2,5-8H2,(H,14,16). The van der Waals surface area contributed by atoms with Crippen LogP contribution in [0.3, 0.4) is 0 Å². The highest BCUT2D eigenvalue weighted by molar-refractivity contribution is 5.94. The maximum absolute atomic E-state index is 13.1. The third kappa shape index (κ3) is 4.88. The van der Waals surface area contributed by atoms with E-state index in [0.717, 1.165) is 0 Å². The van der Waals surface area contributed by atoms with Gasteiger partial charge in [0, 0.05) is 19.3 Å². The molecule has 0 spiro atoms. The highest BCUT2D eigenvalue weighted by atomic mass is 19.1. The van der Waals surface area contributed by atoms with Crippen molar-refractivity contribution in [3.63, 3.8) is 0 Å². The van der Waals surface area contributed by atoms with E-state index in [1.807, 2.05) is 0 Å². The molecule has 17 heavy (non-hydrogen) atoms. The van der Waals surface area contributed by atoms with Gasteiger partial charge in [-0.1, -0.05) is 0 Å². The lowest BCUT2D eigenvalue weighted by atomic mass is 10.2. The number of halogens is 1. The van der Waals surface area contributed by atoms with Crippen molar-refractivity contribution in [1.82, 2.24) is 10.3 Å². The quantitative estimate of drug-likeness (QED) is 0.534. The first-order valence-corrected chi connectivity index (χ1v) is 5.33. The van der Waals surface area contributed by atoms with Crippen molar-refractivity contribution in [2.75, 3.05) is 26.4 Å². The summed E-state index contributed by atoms with van der Waals surface area (Å²) in [6, 6.07) is 2.88. The smallest absolute Gasteiger partial charge is 0.255 e. The van der Waals surface area contributed by atoms with Gasteiger partial charge in [0.15, 0.2) is 0 Å². The minimum absolute atomic E-state index is 0.0206. The van der Waals surface area contributed by atoms with Crippen LogP contribution in [0.5, 0.6) is 0 Å². The van der Waals surface area contributed by atoms with Gasteiger partial charge in [-0.2, -0.15) is 4.39 Å². The Bertz CT molecular complexity index is 360. The number of hydrogen-bond acceptors (Lipinski definition) is 4. The number of amides is 1. The number of aliphatic hydroxyl groups excluding tert-OH is 1. The summed E-state index contributed by atoms with van der Waals surface area (Å²) < 4.78 is 18.1. The second kappa shape index (κ2) is 7.70. The largest absolute Gasteiger partial charge is 0.394 e. The van der Waals surface area contributed by atoms with Gasteiger partial charge in [-0.05, 0) is 18.6 Å². The number of rotatable bonds is 7. The summed E-state index contributed by atoms with van der Waals surface area (Å²) in [6.07, 6.45) is 1.89. The zero-order valence-corrected chi connectivity index (χ0v) is 9.36. The van der Waals surface area contributed by atoms with E-state index in [9.17, 15) is 9.18 Å². The van der Waals surface area contributed by atoms with Gasteiger partial charge in [-0.15, -0.1) is 0 Å². The lowest BCUT2D eigenvalue weighted by molar-refractivity contribution is 0.0865. The molecule has 1 heterocycles. The Morgan fingerprint density at radius 2 is 2.35 bits per heavy atom. The molecule has 0 bridgehead atoms. The predicted molar refractivity (Wildman–Crippen MR) is 59.1 cm³/mol. The molecule has 5 nitrogen and oxygen atoms in total. The summed E-state index contributed by atoms with van der Waals surface area (Å²) >= 11 is 0. The van der Waals surface area contributed by atoms with E-state index in [1.165, 1.54) is 18.3 Å². The third-order valence-electron chi connectivity index (χ3n) is 1.99. The average Bonchev–Trinajstić information content (AvgIpc) is 2.34. The Morgan fingerprint density at radius 1 is 1.53 bits per heavy atom. The number of carbonyl (C=O) groups excluding carboxylic acids is 1. The molecular formula is C11H15FN2O3. The molecule has 0 aliphatic rings. The maximum atomic E-state index is 13.1. The van der Waals surface area contributed by atoms with Gasteiger partial charge in [0.05, 0.1) is 18.8 Å². The van der Waals surface area contributed by atoms with Gasteiger partial charge in [-0.3, -0.25) is 4.79 Å². The molecule has 2 N–H and O–H groups in total. The molecule has 1 rings (SSSR count). The molecule has 0 fully saturated rings. The van der Waals surface area contributed by atoms with Crippen LogP contribution in [0.4, 0.5) is 4.39 Å². The van der Waals surface area contributed by atoms with Gasteiger partial charge >= 0.3 is 0 Å². The molecule has 0 unspecified atom stereocenters. The lowest BCUT2D eigenvalue weighted by Crippen LogP contribution is -2.26. The van der Waals surface area contributed by atoms with Crippen molar-refractivity contribution in [2.45, 2.75) is 6.42 Å². The molecule has 0 aliphatic heterocycles. The SMILES string of the molecule is O=C(NCCCOCCO)c1cccnc1F. The summed E-state index contributed by atoms with van der Waals surface area (Å²) in [7, 11) is 0. The molecule has 1 aromatic rings. The normalized spacial score (nSPS) is 10.2. The topological polar surface area (TPSA) is 71.5 Å². The number of nitrogens with zero attached hydrogens (tertiary/aromatic N) is 1. The van der Waals surface area contributed by atoms with Crippen molar-refractivity contribution in [2.24, 2.45) is 0 Å². The number of carbonyl (C=O) groups is 1. The fourth-order valence-corrected chi connectivity index (χ4v) is 1.19. The van der Waals surface area contributed by atoms with E-state index in [0.29, 0.717) is 19.6 Å². The third-order valence-corrected chi connectivity index (χ3v) is 1.99. The van der Waals surface area contributed by atoms with Crippen LogP contribution in [0.15, 0.2) is 18.3 Å². The lowest BCUT2D eigenvalue weighted by Gasteiger charge is -2.05. The van der Waals surface area contributed by atoms with Gasteiger partial charge in [0.1, 0.15) is 0 Å². The fraction of sp³-hybridized carbons (Fsp3) is 0.455. The van der Waals surface area contributed by atoms with Crippen LogP contribution in [-0.4, -0.2) is 42.4 Å². The Kier molecular flexibility index (Phi) is 6.13. The van der Waals surface area contributed by atoms with Crippen LogP contribution < -0.4 is 5.32 Å². The summed E-state index contributed by atoms with van der Waals surface area (Å²) in [5.74, 6) is -1.26. The molecule has 0 atom stereocenters. The highest BCUT2D eigenvalue weighted by Gasteiger charge is 2.10. The molecule has 0 saturated carbocycles. The minimum atomic E-state index is -0.776. The first-order valence-electron chi connectivity index (χ1n) is 5.33. The summed E-state index contributed by atoms with van der Waals surface area (Å²) in [4.78, 5) is 14.9. The first-order chi connectivity index (χ1) is 8.25. The molecular weight excluding hydrogens is 227 g/mol. The number of ether oxygens (including phenoxy) is 1. The minimum Gasteiger partial charge on any atom is -0.394 e. The van der Waals surface area contributed by atoms with Crippen LogP contribution in [0.25, 0.3) is 0 Å². The Hall–Kier alpha value is -1.53. The summed E-state index contributed by atoms with van der Waals surface area (Å²) in [5.41, 5.74) is -0.0659. The van der Waals surface area contributed by atoms with E-state index in [-0.39, 0.29) is 18.8 Å². The molecule has 0 aliphatic carbocycles. The Morgan fingerprint density at radius 3 is 3.06 bits per heavy atom. The van der Waals surface area contributed by atoms with Crippen LogP contribution in [-0.2, 0) is 4.74 Å². The number of hydrogen-bond donors (Lipinski definition) is 2. The maximum Gasteiger partial charge on any atom is 0.255 e. The summed E-state index contributed by atoms with van der Waals surface area (Å²) in [5, 5.41) is 11.0. The van der Waals surface area contributed by atoms with Crippen molar-refractivity contribution < 1.29 is 19.0 Å². The van der Waals surface area contributed by atoms with Crippen LogP contribution >= 0.6 is 0 Å². The van der Waals surface area contributed by atoms with Crippen molar-refractivity contribution in [1.29, 1.82) is 0 Å². The molecule has 0 saturated heterocycles. The van der Waals surface area contributed by atoms with Gasteiger partial charge < -0.3 is 15.2 Å². The van der Waals surface area contributed by atoms with Gasteiger partial charge in [0.2, 0.25) is 5.95 Å². The van der Waals surface area contributed by atoms with E-state index in [4.69, 9.17) is 9.84 Å². The van der Waals surface area contributed by atoms with E-state index < -0.39 is 11.9 Å². The average molecular weight is 242 g/mol. The highest BCUT2D eigenvalue weighted by Crippen LogP contribution is 2.02.